The first-order chi connectivity index (χ1) is 15.0. The highest BCUT2D eigenvalue weighted by atomic mass is 19.1. The highest BCUT2D eigenvalue weighted by Gasteiger charge is 2.18. The van der Waals surface area contributed by atoms with Crippen LogP contribution in [0.1, 0.15) is 29.6 Å². The molecule has 0 atom stereocenters. The zero-order valence-corrected chi connectivity index (χ0v) is 17.2. The van der Waals surface area contributed by atoms with Gasteiger partial charge < -0.3 is 15.0 Å². The Morgan fingerprint density at radius 3 is 2.39 bits per heavy atom. The SMILES string of the molecule is Cn1ncc(Oc2ccc(F)cc2)c(Nc2ccc(C(=O)N3CCCCC3)cc2)c1=O. The Kier molecular flexibility index (Phi) is 5.97. The number of carbonyl (C=O) groups is 1. The van der Waals surface area contributed by atoms with Crippen molar-refractivity contribution in [2.75, 3.05) is 18.4 Å². The van der Waals surface area contributed by atoms with Crippen LogP contribution in [0.5, 0.6) is 11.5 Å². The number of anilines is 2. The zero-order valence-electron chi connectivity index (χ0n) is 17.2. The number of piperidine rings is 1. The average molecular weight is 422 g/mol. The molecule has 0 radical (unpaired) electrons. The second-order valence-corrected chi connectivity index (χ2v) is 7.42. The van der Waals surface area contributed by atoms with Gasteiger partial charge in [-0.1, -0.05) is 0 Å². The van der Waals surface area contributed by atoms with Crippen LogP contribution in [0.3, 0.4) is 0 Å². The summed E-state index contributed by atoms with van der Waals surface area (Å²) in [6.07, 6.45) is 4.65. The molecule has 4 rings (SSSR count). The first-order valence-corrected chi connectivity index (χ1v) is 10.2. The van der Waals surface area contributed by atoms with Crippen molar-refractivity contribution >= 4 is 17.3 Å². The normalized spacial score (nSPS) is 13.7. The molecule has 1 fully saturated rings. The van der Waals surface area contributed by atoms with Crippen LogP contribution in [0.4, 0.5) is 15.8 Å². The fourth-order valence-electron chi connectivity index (χ4n) is 3.47. The van der Waals surface area contributed by atoms with E-state index in [1.165, 1.54) is 42.2 Å². The van der Waals surface area contributed by atoms with E-state index in [4.69, 9.17) is 4.74 Å². The van der Waals surface area contributed by atoms with Gasteiger partial charge >= 0.3 is 0 Å². The van der Waals surface area contributed by atoms with Crippen molar-refractivity contribution in [3.63, 3.8) is 0 Å². The minimum absolute atomic E-state index is 0.0198. The van der Waals surface area contributed by atoms with Crippen LogP contribution in [0.2, 0.25) is 0 Å². The van der Waals surface area contributed by atoms with Gasteiger partial charge in [0.05, 0.1) is 6.20 Å². The predicted octanol–water partition coefficient (Wildman–Crippen LogP) is 4.08. The molecule has 160 valence electrons. The van der Waals surface area contributed by atoms with Crippen LogP contribution in [-0.2, 0) is 7.05 Å². The summed E-state index contributed by atoms with van der Waals surface area (Å²) in [4.78, 5) is 27.2. The molecule has 2 aromatic carbocycles. The van der Waals surface area contributed by atoms with Gasteiger partial charge in [0.1, 0.15) is 11.6 Å². The summed E-state index contributed by atoms with van der Waals surface area (Å²) in [5.41, 5.74) is 1.05. The number of aromatic nitrogens is 2. The van der Waals surface area contributed by atoms with Crippen LogP contribution < -0.4 is 15.6 Å². The van der Waals surface area contributed by atoms with Gasteiger partial charge in [-0.05, 0) is 67.8 Å². The maximum atomic E-state index is 13.2. The summed E-state index contributed by atoms with van der Waals surface area (Å²) in [7, 11) is 1.54. The molecular weight excluding hydrogens is 399 g/mol. The highest BCUT2D eigenvalue weighted by molar-refractivity contribution is 5.94. The van der Waals surface area contributed by atoms with E-state index in [1.54, 1.807) is 24.3 Å². The molecule has 0 aliphatic carbocycles. The van der Waals surface area contributed by atoms with Crippen molar-refractivity contribution in [2.45, 2.75) is 19.3 Å². The molecule has 2 heterocycles. The number of nitrogens with zero attached hydrogens (tertiary/aromatic N) is 3. The van der Waals surface area contributed by atoms with Gasteiger partial charge in [0.25, 0.3) is 11.5 Å². The lowest BCUT2D eigenvalue weighted by Crippen LogP contribution is -2.35. The summed E-state index contributed by atoms with van der Waals surface area (Å²) < 4.78 is 20.1. The summed E-state index contributed by atoms with van der Waals surface area (Å²) in [6.45, 7) is 1.58. The van der Waals surface area contributed by atoms with Gasteiger partial charge in [-0.15, -0.1) is 0 Å². The molecular formula is C23H23FN4O3. The molecule has 1 amide bonds. The lowest BCUT2D eigenvalue weighted by Gasteiger charge is -2.26. The molecule has 0 unspecified atom stereocenters. The van der Waals surface area contributed by atoms with Gasteiger partial charge in [0.15, 0.2) is 11.4 Å². The predicted molar refractivity (Wildman–Crippen MR) is 115 cm³/mol. The monoisotopic (exact) mass is 422 g/mol. The van der Waals surface area contributed by atoms with E-state index in [1.807, 2.05) is 4.90 Å². The smallest absolute Gasteiger partial charge is 0.294 e. The maximum Gasteiger partial charge on any atom is 0.294 e. The van der Waals surface area contributed by atoms with Crippen LogP contribution >= 0.6 is 0 Å². The zero-order chi connectivity index (χ0) is 21.8. The molecule has 3 aromatic rings. The fraction of sp³-hybridized carbons (Fsp3) is 0.261. The minimum atomic E-state index is -0.382. The van der Waals surface area contributed by atoms with Crippen LogP contribution in [0, 0.1) is 5.82 Å². The lowest BCUT2D eigenvalue weighted by atomic mass is 10.1. The number of hydrogen-bond donors (Lipinski definition) is 1. The van der Waals surface area contributed by atoms with Crippen molar-refractivity contribution in [3.05, 3.63) is 76.5 Å². The number of rotatable bonds is 5. The van der Waals surface area contributed by atoms with Gasteiger partial charge in [0.2, 0.25) is 0 Å². The van der Waals surface area contributed by atoms with E-state index in [-0.39, 0.29) is 28.7 Å². The van der Waals surface area contributed by atoms with Crippen molar-refractivity contribution in [1.29, 1.82) is 0 Å². The number of hydrogen-bond acceptors (Lipinski definition) is 5. The molecule has 1 saturated heterocycles. The van der Waals surface area contributed by atoms with Gasteiger partial charge in [-0.2, -0.15) is 5.10 Å². The van der Waals surface area contributed by atoms with Crippen LogP contribution in [0.25, 0.3) is 0 Å². The number of halogens is 1. The van der Waals surface area contributed by atoms with Crippen molar-refractivity contribution in [2.24, 2.45) is 7.05 Å². The Labute approximate surface area is 179 Å². The summed E-state index contributed by atoms with van der Waals surface area (Å²) in [5, 5.41) is 7.06. The Hall–Kier alpha value is -3.68. The van der Waals surface area contributed by atoms with Crippen molar-refractivity contribution < 1.29 is 13.9 Å². The highest BCUT2D eigenvalue weighted by Crippen LogP contribution is 2.28. The quantitative estimate of drug-likeness (QED) is 0.671. The number of nitrogens with one attached hydrogen (secondary N) is 1. The molecule has 8 heteroatoms. The van der Waals surface area contributed by atoms with E-state index in [9.17, 15) is 14.0 Å². The molecule has 1 N–H and O–H groups in total. The second kappa shape index (κ2) is 8.99. The molecule has 31 heavy (non-hydrogen) atoms. The fourth-order valence-corrected chi connectivity index (χ4v) is 3.47. The molecule has 0 bridgehead atoms. The lowest BCUT2D eigenvalue weighted by molar-refractivity contribution is 0.0724. The molecule has 7 nitrogen and oxygen atoms in total. The second-order valence-electron chi connectivity index (χ2n) is 7.42. The number of carbonyl (C=O) groups excluding carboxylic acids is 1. The summed E-state index contributed by atoms with van der Waals surface area (Å²) in [6, 6.07) is 12.5. The molecule has 0 spiro atoms. The third kappa shape index (κ3) is 4.74. The van der Waals surface area contributed by atoms with Crippen molar-refractivity contribution in [3.8, 4) is 11.5 Å². The average Bonchev–Trinajstić information content (AvgIpc) is 2.80. The Morgan fingerprint density at radius 1 is 1.03 bits per heavy atom. The van der Waals surface area contributed by atoms with E-state index in [0.29, 0.717) is 17.0 Å². The van der Waals surface area contributed by atoms with Gasteiger partial charge in [-0.25, -0.2) is 9.07 Å². The molecule has 1 aliphatic heterocycles. The molecule has 1 aliphatic rings. The topological polar surface area (TPSA) is 76.5 Å². The Bertz CT molecular complexity index is 1120. The first-order valence-electron chi connectivity index (χ1n) is 10.2. The van der Waals surface area contributed by atoms with E-state index < -0.39 is 0 Å². The van der Waals surface area contributed by atoms with E-state index in [0.717, 1.165) is 32.4 Å². The molecule has 0 saturated carbocycles. The standard InChI is InChI=1S/C23H23FN4O3/c1-27-23(30)21(20(15-25-27)31-19-11-7-17(24)8-12-19)26-18-9-5-16(6-10-18)22(29)28-13-3-2-4-14-28/h5-12,15,26H,2-4,13-14H2,1H3. The Morgan fingerprint density at radius 2 is 1.71 bits per heavy atom. The van der Waals surface area contributed by atoms with Crippen LogP contribution in [-0.4, -0.2) is 33.7 Å². The Balaban J connectivity index is 1.55. The van der Waals surface area contributed by atoms with Gasteiger partial charge in [0, 0.05) is 31.4 Å². The third-order valence-corrected chi connectivity index (χ3v) is 5.19. The van der Waals surface area contributed by atoms with E-state index in [2.05, 4.69) is 10.4 Å². The maximum absolute atomic E-state index is 13.2. The third-order valence-electron chi connectivity index (χ3n) is 5.19. The summed E-state index contributed by atoms with van der Waals surface area (Å²) in [5.74, 6) is 0.226. The number of benzene rings is 2. The summed E-state index contributed by atoms with van der Waals surface area (Å²) >= 11 is 0. The van der Waals surface area contributed by atoms with Gasteiger partial charge in [-0.3, -0.25) is 9.59 Å². The number of ether oxygens (including phenoxy) is 1. The van der Waals surface area contributed by atoms with Crippen LogP contribution in [0.15, 0.2) is 59.5 Å². The minimum Gasteiger partial charge on any atom is -0.453 e. The number of amides is 1. The largest absolute Gasteiger partial charge is 0.453 e. The molecule has 1 aromatic heterocycles. The van der Waals surface area contributed by atoms with E-state index >= 15 is 0 Å². The first kappa shape index (κ1) is 20.6. The van der Waals surface area contributed by atoms with Crippen molar-refractivity contribution in [1.82, 2.24) is 14.7 Å². The number of likely N-dealkylation sites (tertiary alicyclic amines) is 1. The number of aryl methyl sites for hydroxylation is 1.